The normalized spacial score (nSPS) is 37.7. The SMILES string of the molecule is CN1CC(F)C[C@H]1CO. The summed E-state index contributed by atoms with van der Waals surface area (Å²) in [6.07, 6.45) is -0.236. The van der Waals surface area contributed by atoms with Gasteiger partial charge in [0.2, 0.25) is 0 Å². The van der Waals surface area contributed by atoms with Crippen LogP contribution in [0.4, 0.5) is 4.39 Å². The van der Waals surface area contributed by atoms with Crippen molar-refractivity contribution in [2.24, 2.45) is 0 Å². The Kier molecular flexibility index (Phi) is 2.03. The molecule has 0 aromatic carbocycles. The fourth-order valence-corrected chi connectivity index (χ4v) is 1.23. The van der Waals surface area contributed by atoms with Crippen LogP contribution in [-0.2, 0) is 0 Å². The summed E-state index contributed by atoms with van der Waals surface area (Å²) in [7, 11) is 1.83. The van der Waals surface area contributed by atoms with Gasteiger partial charge in [-0.2, -0.15) is 0 Å². The molecule has 0 aromatic heterocycles. The van der Waals surface area contributed by atoms with E-state index in [-0.39, 0.29) is 12.6 Å². The van der Waals surface area contributed by atoms with Crippen LogP contribution in [0.2, 0.25) is 0 Å². The first kappa shape index (κ1) is 6.96. The van der Waals surface area contributed by atoms with E-state index in [0.29, 0.717) is 13.0 Å². The summed E-state index contributed by atoms with van der Waals surface area (Å²) < 4.78 is 12.5. The predicted octanol–water partition coefficient (Wildman–Crippen LogP) is 0.0209. The molecule has 2 nitrogen and oxygen atoms in total. The molecule has 1 rings (SSSR count). The minimum Gasteiger partial charge on any atom is -0.395 e. The van der Waals surface area contributed by atoms with E-state index in [2.05, 4.69) is 0 Å². The highest BCUT2D eigenvalue weighted by Crippen LogP contribution is 2.17. The molecule has 1 saturated heterocycles. The molecule has 9 heavy (non-hydrogen) atoms. The van der Waals surface area contributed by atoms with Gasteiger partial charge in [-0.3, -0.25) is 4.90 Å². The predicted molar refractivity (Wildman–Crippen MR) is 33.0 cm³/mol. The maximum atomic E-state index is 12.5. The summed E-state index contributed by atoms with van der Waals surface area (Å²) in [5, 5.41) is 8.65. The van der Waals surface area contributed by atoms with Crippen molar-refractivity contribution in [3.05, 3.63) is 0 Å². The molecule has 0 aliphatic carbocycles. The lowest BCUT2D eigenvalue weighted by Crippen LogP contribution is -2.27. The molecule has 1 aliphatic rings. The number of aliphatic hydroxyl groups excluding tert-OH is 1. The minimum atomic E-state index is -0.729. The van der Waals surface area contributed by atoms with Gasteiger partial charge in [-0.05, 0) is 13.5 Å². The van der Waals surface area contributed by atoms with E-state index in [4.69, 9.17) is 5.11 Å². The highest BCUT2D eigenvalue weighted by atomic mass is 19.1. The van der Waals surface area contributed by atoms with Crippen molar-refractivity contribution in [1.29, 1.82) is 0 Å². The molecule has 1 unspecified atom stereocenters. The molecule has 0 aromatic rings. The second kappa shape index (κ2) is 2.62. The van der Waals surface area contributed by atoms with Gasteiger partial charge < -0.3 is 5.11 Å². The molecule has 1 N–H and O–H groups in total. The molecule has 1 aliphatic heterocycles. The number of likely N-dealkylation sites (N-methyl/N-ethyl adjacent to an activating group) is 1. The van der Waals surface area contributed by atoms with Crippen molar-refractivity contribution in [3.63, 3.8) is 0 Å². The van der Waals surface area contributed by atoms with Gasteiger partial charge in [0.25, 0.3) is 0 Å². The molecule has 1 fully saturated rings. The molecule has 0 saturated carbocycles. The summed E-state index contributed by atoms with van der Waals surface area (Å²) in [6, 6.07) is 0.0556. The summed E-state index contributed by atoms with van der Waals surface area (Å²) in [5.74, 6) is 0. The van der Waals surface area contributed by atoms with Crippen LogP contribution in [-0.4, -0.2) is 42.4 Å². The fourth-order valence-electron chi connectivity index (χ4n) is 1.23. The van der Waals surface area contributed by atoms with Crippen LogP contribution in [0.3, 0.4) is 0 Å². The van der Waals surface area contributed by atoms with E-state index in [1.54, 1.807) is 0 Å². The van der Waals surface area contributed by atoms with Crippen LogP contribution in [0.15, 0.2) is 0 Å². The van der Waals surface area contributed by atoms with Crippen molar-refractivity contribution >= 4 is 0 Å². The lowest BCUT2D eigenvalue weighted by Gasteiger charge is -2.14. The van der Waals surface area contributed by atoms with Gasteiger partial charge in [0.05, 0.1) is 6.61 Å². The first-order chi connectivity index (χ1) is 4.24. The van der Waals surface area contributed by atoms with Crippen molar-refractivity contribution in [2.75, 3.05) is 20.2 Å². The Balaban J connectivity index is 2.38. The first-order valence-corrected chi connectivity index (χ1v) is 3.19. The highest BCUT2D eigenvalue weighted by molar-refractivity contribution is 4.81. The maximum absolute atomic E-state index is 12.5. The van der Waals surface area contributed by atoms with E-state index in [1.807, 2.05) is 11.9 Å². The van der Waals surface area contributed by atoms with Gasteiger partial charge >= 0.3 is 0 Å². The van der Waals surface area contributed by atoms with Gasteiger partial charge in [-0.15, -0.1) is 0 Å². The second-order valence-corrected chi connectivity index (χ2v) is 2.61. The zero-order chi connectivity index (χ0) is 6.85. The van der Waals surface area contributed by atoms with Crippen LogP contribution in [0.25, 0.3) is 0 Å². The Hall–Kier alpha value is -0.150. The summed E-state index contributed by atoms with van der Waals surface area (Å²) >= 11 is 0. The Bertz CT molecular complexity index is 99.1. The van der Waals surface area contributed by atoms with E-state index in [1.165, 1.54) is 0 Å². The number of nitrogens with zero attached hydrogens (tertiary/aromatic N) is 1. The molecule has 1 heterocycles. The quantitative estimate of drug-likeness (QED) is 0.545. The van der Waals surface area contributed by atoms with Crippen molar-refractivity contribution in [2.45, 2.75) is 18.6 Å². The third-order valence-corrected chi connectivity index (χ3v) is 1.85. The molecule has 2 atom stereocenters. The topological polar surface area (TPSA) is 23.5 Å². The van der Waals surface area contributed by atoms with Crippen molar-refractivity contribution < 1.29 is 9.50 Å². The standard InChI is InChI=1S/C6H12FNO/c1-8-3-5(7)2-6(8)4-9/h5-6,9H,2-4H2,1H3/t5?,6-/m0/s1. The number of hydrogen-bond donors (Lipinski definition) is 1. The van der Waals surface area contributed by atoms with Crippen LogP contribution < -0.4 is 0 Å². The Morgan fingerprint density at radius 2 is 2.44 bits per heavy atom. The number of halogens is 1. The number of hydrogen-bond acceptors (Lipinski definition) is 2. The number of likely N-dealkylation sites (tertiary alicyclic amines) is 1. The summed E-state index contributed by atoms with van der Waals surface area (Å²) in [4.78, 5) is 1.85. The zero-order valence-electron chi connectivity index (χ0n) is 5.55. The van der Waals surface area contributed by atoms with Crippen LogP contribution >= 0.6 is 0 Å². The lowest BCUT2D eigenvalue weighted by atomic mass is 10.2. The maximum Gasteiger partial charge on any atom is 0.114 e. The minimum absolute atomic E-state index is 0.0556. The van der Waals surface area contributed by atoms with Crippen LogP contribution in [0.5, 0.6) is 0 Å². The average Bonchev–Trinajstić information content (AvgIpc) is 2.10. The van der Waals surface area contributed by atoms with Gasteiger partial charge in [0, 0.05) is 12.6 Å². The monoisotopic (exact) mass is 133 g/mol. The third kappa shape index (κ3) is 1.40. The van der Waals surface area contributed by atoms with Gasteiger partial charge in [0.1, 0.15) is 6.17 Å². The molecule has 0 radical (unpaired) electrons. The van der Waals surface area contributed by atoms with E-state index in [0.717, 1.165) is 0 Å². The van der Waals surface area contributed by atoms with Crippen LogP contribution in [0, 0.1) is 0 Å². The Labute approximate surface area is 54.3 Å². The zero-order valence-corrected chi connectivity index (χ0v) is 5.55. The molecular formula is C6H12FNO. The van der Waals surface area contributed by atoms with Gasteiger partial charge in [-0.1, -0.05) is 0 Å². The van der Waals surface area contributed by atoms with Gasteiger partial charge in [0.15, 0.2) is 0 Å². The van der Waals surface area contributed by atoms with E-state index >= 15 is 0 Å². The Morgan fingerprint density at radius 1 is 1.78 bits per heavy atom. The van der Waals surface area contributed by atoms with Gasteiger partial charge in [-0.25, -0.2) is 4.39 Å². The third-order valence-electron chi connectivity index (χ3n) is 1.85. The smallest absolute Gasteiger partial charge is 0.114 e. The molecule has 0 bridgehead atoms. The lowest BCUT2D eigenvalue weighted by molar-refractivity contribution is 0.182. The summed E-state index contributed by atoms with van der Waals surface area (Å²) in [6.45, 7) is 0.558. The highest BCUT2D eigenvalue weighted by Gasteiger charge is 2.28. The molecule has 0 amide bonds. The molecule has 3 heteroatoms. The molecular weight excluding hydrogens is 121 g/mol. The van der Waals surface area contributed by atoms with E-state index in [9.17, 15) is 4.39 Å². The number of alkyl halides is 1. The van der Waals surface area contributed by atoms with Crippen LogP contribution in [0.1, 0.15) is 6.42 Å². The van der Waals surface area contributed by atoms with Crippen molar-refractivity contribution in [3.8, 4) is 0 Å². The largest absolute Gasteiger partial charge is 0.395 e. The number of rotatable bonds is 1. The average molecular weight is 133 g/mol. The molecule has 54 valence electrons. The first-order valence-electron chi connectivity index (χ1n) is 3.19. The van der Waals surface area contributed by atoms with Crippen molar-refractivity contribution in [1.82, 2.24) is 4.90 Å². The molecule has 0 spiro atoms. The number of aliphatic hydroxyl groups is 1. The second-order valence-electron chi connectivity index (χ2n) is 2.61. The summed E-state index contributed by atoms with van der Waals surface area (Å²) in [5.41, 5.74) is 0. The Morgan fingerprint density at radius 3 is 2.67 bits per heavy atom. The fraction of sp³-hybridized carbons (Fsp3) is 1.00. The van der Waals surface area contributed by atoms with E-state index < -0.39 is 6.17 Å².